The van der Waals surface area contributed by atoms with E-state index in [1.165, 1.54) is 30.7 Å². The Balaban J connectivity index is 1.60. The number of nitro groups is 1. The highest BCUT2D eigenvalue weighted by atomic mass is 16.6. The Bertz CT molecular complexity index is 807. The molecule has 1 N–H and O–H groups in total. The van der Waals surface area contributed by atoms with E-state index in [-0.39, 0.29) is 11.6 Å². The average Bonchev–Trinajstić information content (AvgIpc) is 3.14. The molecule has 7 heteroatoms. The van der Waals surface area contributed by atoms with Crippen molar-refractivity contribution in [3.8, 4) is 11.5 Å². The summed E-state index contributed by atoms with van der Waals surface area (Å²) in [5.74, 6) is 0.849. The Hall–Kier alpha value is -2.93. The van der Waals surface area contributed by atoms with Gasteiger partial charge in [0.05, 0.1) is 4.92 Å². The van der Waals surface area contributed by atoms with E-state index in [0.29, 0.717) is 29.6 Å². The number of nitrogens with zero attached hydrogens (tertiary/aromatic N) is 2. The number of carbonyl (C=O) groups is 1. The van der Waals surface area contributed by atoms with Crippen molar-refractivity contribution in [3.05, 3.63) is 64.2 Å². The molecule has 0 saturated carbocycles. The summed E-state index contributed by atoms with van der Waals surface area (Å²) in [7, 11) is 0. The lowest BCUT2D eigenvalue weighted by atomic mass is 10.1. The van der Waals surface area contributed by atoms with Gasteiger partial charge < -0.3 is 10.1 Å². The normalized spacial score (nSPS) is 16.9. The molecule has 1 heterocycles. The second kappa shape index (κ2) is 8.64. The van der Waals surface area contributed by atoms with E-state index >= 15 is 0 Å². The van der Waals surface area contributed by atoms with Crippen LogP contribution in [0.2, 0.25) is 0 Å². The lowest BCUT2D eigenvalue weighted by molar-refractivity contribution is -0.384. The Morgan fingerprint density at radius 2 is 2.04 bits per heavy atom. The maximum absolute atomic E-state index is 12.5. The van der Waals surface area contributed by atoms with Crippen LogP contribution in [-0.2, 0) is 0 Å². The summed E-state index contributed by atoms with van der Waals surface area (Å²) in [6.45, 7) is 4.87. The summed E-state index contributed by atoms with van der Waals surface area (Å²) >= 11 is 0. The maximum Gasteiger partial charge on any atom is 0.269 e. The first-order chi connectivity index (χ1) is 13.1. The number of rotatable bonds is 7. The summed E-state index contributed by atoms with van der Waals surface area (Å²) < 4.78 is 5.71. The van der Waals surface area contributed by atoms with Gasteiger partial charge in [-0.2, -0.15) is 0 Å². The Morgan fingerprint density at radius 1 is 1.26 bits per heavy atom. The van der Waals surface area contributed by atoms with Gasteiger partial charge in [0.15, 0.2) is 0 Å². The summed E-state index contributed by atoms with van der Waals surface area (Å²) in [5.41, 5.74) is 0.527. The highest BCUT2D eigenvalue weighted by molar-refractivity contribution is 5.94. The molecule has 1 unspecified atom stereocenters. The molecule has 0 radical (unpaired) electrons. The van der Waals surface area contributed by atoms with Crippen LogP contribution in [0.3, 0.4) is 0 Å². The van der Waals surface area contributed by atoms with E-state index in [1.54, 1.807) is 24.3 Å². The number of ether oxygens (including phenoxy) is 1. The molecule has 0 aliphatic carbocycles. The lowest BCUT2D eigenvalue weighted by Crippen LogP contribution is -2.40. The highest BCUT2D eigenvalue weighted by Crippen LogP contribution is 2.24. The van der Waals surface area contributed by atoms with Gasteiger partial charge in [-0.05, 0) is 56.3 Å². The fourth-order valence-electron chi connectivity index (χ4n) is 3.33. The van der Waals surface area contributed by atoms with Gasteiger partial charge in [0, 0.05) is 30.3 Å². The van der Waals surface area contributed by atoms with Crippen molar-refractivity contribution in [2.45, 2.75) is 25.8 Å². The maximum atomic E-state index is 12.5. The van der Waals surface area contributed by atoms with Gasteiger partial charge in [0.25, 0.3) is 11.6 Å². The third-order valence-corrected chi connectivity index (χ3v) is 4.78. The molecule has 2 aromatic carbocycles. The van der Waals surface area contributed by atoms with Gasteiger partial charge >= 0.3 is 0 Å². The van der Waals surface area contributed by atoms with E-state index in [1.807, 2.05) is 0 Å². The number of hydrogen-bond acceptors (Lipinski definition) is 5. The zero-order valence-corrected chi connectivity index (χ0v) is 15.3. The van der Waals surface area contributed by atoms with Crippen molar-refractivity contribution in [3.63, 3.8) is 0 Å². The Kier molecular flexibility index (Phi) is 6.03. The number of likely N-dealkylation sites (N-methyl/N-ethyl adjacent to an activating group) is 1. The summed E-state index contributed by atoms with van der Waals surface area (Å²) in [6.07, 6.45) is 2.28. The molecule has 1 saturated heterocycles. The molecule has 0 bridgehead atoms. The zero-order chi connectivity index (χ0) is 19.2. The average molecular weight is 369 g/mol. The predicted molar refractivity (Wildman–Crippen MR) is 102 cm³/mol. The lowest BCUT2D eigenvalue weighted by Gasteiger charge is -2.22. The molecule has 7 nitrogen and oxygen atoms in total. The molecule has 1 aliphatic heterocycles. The van der Waals surface area contributed by atoms with Crippen molar-refractivity contribution in [2.24, 2.45) is 0 Å². The van der Waals surface area contributed by atoms with E-state index in [2.05, 4.69) is 17.1 Å². The van der Waals surface area contributed by atoms with E-state index < -0.39 is 4.92 Å². The van der Waals surface area contributed by atoms with Crippen molar-refractivity contribution in [2.75, 3.05) is 19.6 Å². The van der Waals surface area contributed by atoms with Crippen LogP contribution in [0.5, 0.6) is 11.5 Å². The van der Waals surface area contributed by atoms with Crippen LogP contribution in [0, 0.1) is 10.1 Å². The number of nitrogens with one attached hydrogen (secondary N) is 1. The SMILES string of the molecule is CCN1CCCC1CNC(=O)c1cccc(Oc2ccc([N+](=O)[O-])cc2)c1. The minimum absolute atomic E-state index is 0.00325. The predicted octanol–water partition coefficient (Wildman–Crippen LogP) is 3.60. The first-order valence-corrected chi connectivity index (χ1v) is 9.11. The van der Waals surface area contributed by atoms with Crippen LogP contribution in [-0.4, -0.2) is 41.4 Å². The number of likely N-dealkylation sites (tertiary alicyclic amines) is 1. The number of hydrogen-bond donors (Lipinski definition) is 1. The first-order valence-electron chi connectivity index (χ1n) is 9.11. The van der Waals surface area contributed by atoms with Crippen LogP contribution >= 0.6 is 0 Å². The number of non-ortho nitro benzene ring substituents is 1. The molecular formula is C20H23N3O4. The molecule has 3 rings (SSSR count). The fourth-order valence-corrected chi connectivity index (χ4v) is 3.33. The molecule has 2 aromatic rings. The number of benzene rings is 2. The Morgan fingerprint density at radius 3 is 2.74 bits per heavy atom. The molecule has 1 fully saturated rings. The van der Waals surface area contributed by atoms with Crippen LogP contribution in [0.25, 0.3) is 0 Å². The second-order valence-corrected chi connectivity index (χ2v) is 6.52. The van der Waals surface area contributed by atoms with Crippen LogP contribution < -0.4 is 10.1 Å². The monoisotopic (exact) mass is 369 g/mol. The molecule has 142 valence electrons. The summed E-state index contributed by atoms with van der Waals surface area (Å²) in [6, 6.07) is 13.1. The van der Waals surface area contributed by atoms with Crippen molar-refractivity contribution in [1.82, 2.24) is 10.2 Å². The van der Waals surface area contributed by atoms with E-state index in [0.717, 1.165) is 19.5 Å². The molecule has 1 aliphatic rings. The minimum atomic E-state index is -0.460. The zero-order valence-electron chi connectivity index (χ0n) is 15.3. The topological polar surface area (TPSA) is 84.7 Å². The fraction of sp³-hybridized carbons (Fsp3) is 0.350. The minimum Gasteiger partial charge on any atom is -0.457 e. The Labute approximate surface area is 158 Å². The first kappa shape index (κ1) is 18.8. The molecule has 1 atom stereocenters. The number of nitro benzene ring substituents is 1. The number of carbonyl (C=O) groups excluding carboxylic acids is 1. The smallest absolute Gasteiger partial charge is 0.269 e. The summed E-state index contributed by atoms with van der Waals surface area (Å²) in [4.78, 5) is 25.1. The van der Waals surface area contributed by atoms with Crippen LogP contribution in [0.4, 0.5) is 5.69 Å². The third-order valence-electron chi connectivity index (χ3n) is 4.78. The molecule has 27 heavy (non-hydrogen) atoms. The molecule has 0 spiro atoms. The van der Waals surface area contributed by atoms with Gasteiger partial charge in [-0.15, -0.1) is 0 Å². The third kappa shape index (κ3) is 4.83. The number of amides is 1. The van der Waals surface area contributed by atoms with Gasteiger partial charge in [-0.3, -0.25) is 19.8 Å². The quantitative estimate of drug-likeness (QED) is 0.595. The van der Waals surface area contributed by atoms with Gasteiger partial charge in [-0.25, -0.2) is 0 Å². The standard InChI is InChI=1S/C20H23N3O4/c1-2-22-12-4-6-17(22)14-21-20(24)15-5-3-7-19(13-15)27-18-10-8-16(9-11-18)23(25)26/h3,5,7-11,13,17H,2,4,6,12,14H2,1H3,(H,21,24). The van der Waals surface area contributed by atoms with Crippen LogP contribution in [0.1, 0.15) is 30.1 Å². The highest BCUT2D eigenvalue weighted by Gasteiger charge is 2.23. The van der Waals surface area contributed by atoms with Crippen molar-refractivity contribution < 1.29 is 14.5 Å². The van der Waals surface area contributed by atoms with Gasteiger partial charge in [0.2, 0.25) is 0 Å². The van der Waals surface area contributed by atoms with Crippen molar-refractivity contribution >= 4 is 11.6 Å². The van der Waals surface area contributed by atoms with Crippen molar-refractivity contribution in [1.29, 1.82) is 0 Å². The second-order valence-electron chi connectivity index (χ2n) is 6.52. The van der Waals surface area contributed by atoms with Gasteiger partial charge in [0.1, 0.15) is 11.5 Å². The molecule has 0 aromatic heterocycles. The molecule has 1 amide bonds. The molecular weight excluding hydrogens is 346 g/mol. The van der Waals surface area contributed by atoms with Crippen LogP contribution in [0.15, 0.2) is 48.5 Å². The van der Waals surface area contributed by atoms with E-state index in [9.17, 15) is 14.9 Å². The van der Waals surface area contributed by atoms with Gasteiger partial charge in [-0.1, -0.05) is 13.0 Å². The summed E-state index contributed by atoms with van der Waals surface area (Å²) in [5, 5.41) is 13.7. The van der Waals surface area contributed by atoms with E-state index in [4.69, 9.17) is 4.74 Å². The largest absolute Gasteiger partial charge is 0.457 e.